The maximum atomic E-state index is 10.1. The smallest absolute Gasteiger partial charge is 0.121 e. The fourth-order valence-electron chi connectivity index (χ4n) is 3.55. The van der Waals surface area contributed by atoms with Crippen LogP contribution < -0.4 is 0 Å². The Morgan fingerprint density at radius 3 is 3.05 bits per heavy atom. The molecule has 0 radical (unpaired) electrons. The van der Waals surface area contributed by atoms with Crippen molar-refractivity contribution in [2.75, 3.05) is 13.1 Å². The lowest BCUT2D eigenvalue weighted by Crippen LogP contribution is -2.39. The van der Waals surface area contributed by atoms with Crippen LogP contribution in [0.2, 0.25) is 0 Å². The van der Waals surface area contributed by atoms with Gasteiger partial charge >= 0.3 is 0 Å². The molecule has 1 aliphatic heterocycles. The molecule has 3 heteroatoms. The van der Waals surface area contributed by atoms with Crippen LogP contribution in [0, 0.1) is 11.8 Å². The second-order valence-corrected chi connectivity index (χ2v) is 5.69. The second kappa shape index (κ2) is 4.89. The summed E-state index contributed by atoms with van der Waals surface area (Å²) in [6.07, 6.45) is 10.3. The standard InChI is InChI=1S/C16H21NO2/c1-2-7-17-8-3-4-12-9-13-11(10-14(12)17)5-6-15(18)16(13)19/h2,5-6,10,12-13,16,18-19H,1,3-4,7-9H2/t12-,13?,16?/m1/s1. The van der Waals surface area contributed by atoms with Crippen molar-refractivity contribution in [3.8, 4) is 0 Å². The van der Waals surface area contributed by atoms with E-state index < -0.39 is 6.10 Å². The second-order valence-electron chi connectivity index (χ2n) is 5.69. The largest absolute Gasteiger partial charge is 0.510 e. The number of fused-ring (bicyclic) bond motifs is 2. The molecular formula is C16H21NO2. The van der Waals surface area contributed by atoms with Crippen LogP contribution in [0.15, 0.2) is 47.9 Å². The molecule has 2 N–H and O–H groups in total. The molecular weight excluding hydrogens is 238 g/mol. The molecule has 0 bridgehead atoms. The van der Waals surface area contributed by atoms with E-state index in [-0.39, 0.29) is 11.7 Å². The van der Waals surface area contributed by atoms with Crippen molar-refractivity contribution in [2.45, 2.75) is 25.4 Å². The topological polar surface area (TPSA) is 43.7 Å². The number of likely N-dealkylation sites (tertiary alicyclic amines) is 1. The molecule has 0 spiro atoms. The molecule has 0 aromatic rings. The van der Waals surface area contributed by atoms with Gasteiger partial charge in [0.15, 0.2) is 0 Å². The number of piperidine rings is 1. The van der Waals surface area contributed by atoms with Gasteiger partial charge in [-0.05, 0) is 42.9 Å². The Balaban J connectivity index is 1.93. The summed E-state index contributed by atoms with van der Waals surface area (Å²) in [6.45, 7) is 5.82. The first-order valence-corrected chi connectivity index (χ1v) is 7.07. The Labute approximate surface area is 114 Å². The van der Waals surface area contributed by atoms with Gasteiger partial charge in [-0.3, -0.25) is 0 Å². The molecule has 0 aromatic heterocycles. The molecule has 3 nitrogen and oxygen atoms in total. The normalized spacial score (nSPS) is 33.6. The molecule has 1 fully saturated rings. The zero-order chi connectivity index (χ0) is 13.4. The number of nitrogens with zero attached hydrogens (tertiary/aromatic N) is 1. The summed E-state index contributed by atoms with van der Waals surface area (Å²) in [7, 11) is 0. The maximum absolute atomic E-state index is 10.1. The number of hydrogen-bond donors (Lipinski definition) is 2. The van der Waals surface area contributed by atoms with Gasteiger partial charge in [0.2, 0.25) is 0 Å². The lowest BCUT2D eigenvalue weighted by atomic mass is 9.73. The van der Waals surface area contributed by atoms with E-state index in [1.807, 2.05) is 12.2 Å². The highest BCUT2D eigenvalue weighted by molar-refractivity contribution is 5.39. The van der Waals surface area contributed by atoms with E-state index in [9.17, 15) is 10.2 Å². The fourth-order valence-corrected chi connectivity index (χ4v) is 3.55. The summed E-state index contributed by atoms with van der Waals surface area (Å²) in [5.41, 5.74) is 2.53. The minimum absolute atomic E-state index is 0.0578. The predicted octanol–water partition coefficient (Wildman–Crippen LogP) is 2.53. The highest BCUT2D eigenvalue weighted by Gasteiger charge is 2.37. The minimum Gasteiger partial charge on any atom is -0.510 e. The zero-order valence-corrected chi connectivity index (χ0v) is 11.1. The molecule has 0 aromatic carbocycles. The summed E-state index contributed by atoms with van der Waals surface area (Å²) in [5, 5.41) is 19.8. The molecule has 0 saturated carbocycles. The molecule has 2 aliphatic carbocycles. The monoisotopic (exact) mass is 259 g/mol. The molecule has 1 heterocycles. The van der Waals surface area contributed by atoms with Crippen molar-refractivity contribution in [3.05, 3.63) is 47.9 Å². The van der Waals surface area contributed by atoms with Gasteiger partial charge in [-0.25, -0.2) is 0 Å². The van der Waals surface area contributed by atoms with Crippen LogP contribution in [0.5, 0.6) is 0 Å². The van der Waals surface area contributed by atoms with E-state index in [0.717, 1.165) is 25.1 Å². The van der Waals surface area contributed by atoms with Crippen molar-refractivity contribution in [1.82, 2.24) is 4.90 Å². The fraction of sp³-hybridized carbons (Fsp3) is 0.500. The van der Waals surface area contributed by atoms with Crippen LogP contribution >= 0.6 is 0 Å². The Morgan fingerprint density at radius 2 is 2.26 bits per heavy atom. The molecule has 19 heavy (non-hydrogen) atoms. The summed E-state index contributed by atoms with van der Waals surface area (Å²) in [4.78, 5) is 2.39. The van der Waals surface area contributed by atoms with Gasteiger partial charge < -0.3 is 15.1 Å². The molecule has 0 amide bonds. The summed E-state index contributed by atoms with van der Waals surface area (Å²) in [6, 6.07) is 0. The Bertz CT molecular complexity index is 475. The van der Waals surface area contributed by atoms with Crippen molar-refractivity contribution < 1.29 is 10.2 Å². The Kier molecular flexibility index (Phi) is 3.23. The van der Waals surface area contributed by atoms with Crippen LogP contribution in [0.4, 0.5) is 0 Å². The van der Waals surface area contributed by atoms with E-state index in [1.54, 1.807) is 6.08 Å². The van der Waals surface area contributed by atoms with E-state index in [0.29, 0.717) is 5.92 Å². The van der Waals surface area contributed by atoms with Crippen LogP contribution in [0.1, 0.15) is 19.3 Å². The van der Waals surface area contributed by atoms with Crippen molar-refractivity contribution in [1.29, 1.82) is 0 Å². The number of hydrogen-bond acceptors (Lipinski definition) is 3. The molecule has 1 saturated heterocycles. The van der Waals surface area contributed by atoms with Crippen LogP contribution in [0.25, 0.3) is 0 Å². The number of aliphatic hydroxyl groups excluding tert-OH is 2. The summed E-state index contributed by atoms with van der Waals surface area (Å²) < 4.78 is 0. The van der Waals surface area contributed by atoms with Gasteiger partial charge in [-0.15, -0.1) is 6.58 Å². The first-order valence-electron chi connectivity index (χ1n) is 7.07. The van der Waals surface area contributed by atoms with Crippen LogP contribution in [0.3, 0.4) is 0 Å². The first kappa shape index (κ1) is 12.5. The van der Waals surface area contributed by atoms with Gasteiger partial charge in [0.1, 0.15) is 11.9 Å². The van der Waals surface area contributed by atoms with E-state index in [1.165, 1.54) is 18.5 Å². The van der Waals surface area contributed by atoms with Gasteiger partial charge in [0.05, 0.1) is 0 Å². The number of allylic oxidation sites excluding steroid dienone is 4. The quantitative estimate of drug-likeness (QED) is 0.749. The lowest BCUT2D eigenvalue weighted by Gasteiger charge is -2.43. The number of rotatable bonds is 2. The van der Waals surface area contributed by atoms with Crippen LogP contribution in [-0.4, -0.2) is 34.3 Å². The molecule has 3 atom stereocenters. The zero-order valence-electron chi connectivity index (χ0n) is 11.1. The lowest BCUT2D eigenvalue weighted by molar-refractivity contribution is 0.0891. The van der Waals surface area contributed by atoms with E-state index in [2.05, 4.69) is 17.6 Å². The Morgan fingerprint density at radius 1 is 1.42 bits per heavy atom. The molecule has 3 rings (SSSR count). The molecule has 2 unspecified atom stereocenters. The van der Waals surface area contributed by atoms with Gasteiger partial charge in [0, 0.05) is 24.7 Å². The summed E-state index contributed by atoms with van der Waals surface area (Å²) >= 11 is 0. The third-order valence-corrected chi connectivity index (χ3v) is 4.53. The van der Waals surface area contributed by atoms with E-state index in [4.69, 9.17) is 0 Å². The van der Waals surface area contributed by atoms with E-state index >= 15 is 0 Å². The molecule has 102 valence electrons. The SMILES string of the molecule is C=CCN1CCC[C@@H]2CC3C(=CC=C(O)C3O)C=C21. The van der Waals surface area contributed by atoms with Crippen LogP contribution in [-0.2, 0) is 0 Å². The molecule has 3 aliphatic rings. The van der Waals surface area contributed by atoms with Crippen molar-refractivity contribution in [2.24, 2.45) is 11.8 Å². The minimum atomic E-state index is -0.729. The third-order valence-electron chi connectivity index (χ3n) is 4.53. The third kappa shape index (κ3) is 2.12. The highest BCUT2D eigenvalue weighted by atomic mass is 16.3. The summed E-state index contributed by atoms with van der Waals surface area (Å²) in [5.74, 6) is 0.670. The van der Waals surface area contributed by atoms with Gasteiger partial charge in [0.25, 0.3) is 0 Å². The first-order chi connectivity index (χ1) is 9.20. The average molecular weight is 259 g/mol. The van der Waals surface area contributed by atoms with Gasteiger partial charge in [-0.1, -0.05) is 12.2 Å². The van der Waals surface area contributed by atoms with Crippen molar-refractivity contribution in [3.63, 3.8) is 0 Å². The predicted molar refractivity (Wildman–Crippen MR) is 75.5 cm³/mol. The highest BCUT2D eigenvalue weighted by Crippen LogP contribution is 2.43. The average Bonchev–Trinajstić information content (AvgIpc) is 2.42. The van der Waals surface area contributed by atoms with Crippen molar-refractivity contribution >= 4 is 0 Å². The maximum Gasteiger partial charge on any atom is 0.121 e. The van der Waals surface area contributed by atoms with Gasteiger partial charge in [-0.2, -0.15) is 0 Å². The number of aliphatic hydroxyl groups is 2. The Hall–Kier alpha value is -1.48.